The molecule has 0 spiro atoms. The first-order chi connectivity index (χ1) is 9.02. The van der Waals surface area contributed by atoms with E-state index in [1.807, 2.05) is 31.2 Å². The lowest BCUT2D eigenvalue weighted by Gasteiger charge is -2.12. The van der Waals surface area contributed by atoms with E-state index >= 15 is 0 Å². The highest BCUT2D eigenvalue weighted by Gasteiger charge is 2.15. The van der Waals surface area contributed by atoms with Crippen LogP contribution in [0.2, 0.25) is 0 Å². The molecule has 1 aromatic carbocycles. The second-order valence-electron chi connectivity index (χ2n) is 3.87. The average Bonchev–Trinajstić information content (AvgIpc) is 2.71. The number of hydrogen-bond donors (Lipinski definition) is 1. The summed E-state index contributed by atoms with van der Waals surface area (Å²) in [5.41, 5.74) is 7.35. The normalized spacial score (nSPS) is 12.5. The second kappa shape index (κ2) is 6.72. The highest BCUT2D eigenvalue weighted by molar-refractivity contribution is 9.13. The third kappa shape index (κ3) is 3.61. The van der Waals surface area contributed by atoms with Crippen LogP contribution >= 0.6 is 59.1 Å². The van der Waals surface area contributed by atoms with Crippen molar-refractivity contribution in [3.63, 3.8) is 0 Å². The maximum absolute atomic E-state index is 6.30. The summed E-state index contributed by atoms with van der Waals surface area (Å²) in [5.74, 6) is 0.840. The predicted molar refractivity (Wildman–Crippen MR) is 91.1 cm³/mol. The van der Waals surface area contributed by atoms with E-state index in [9.17, 15) is 0 Å². The number of benzene rings is 1. The van der Waals surface area contributed by atoms with Crippen LogP contribution in [0, 0.1) is 0 Å². The van der Waals surface area contributed by atoms with E-state index in [0.29, 0.717) is 6.61 Å². The topological polar surface area (TPSA) is 35.2 Å². The van der Waals surface area contributed by atoms with Gasteiger partial charge >= 0.3 is 0 Å². The van der Waals surface area contributed by atoms with E-state index in [-0.39, 0.29) is 6.04 Å². The zero-order valence-corrected chi connectivity index (χ0v) is 15.7. The Kier molecular flexibility index (Phi) is 5.48. The van der Waals surface area contributed by atoms with Crippen molar-refractivity contribution in [2.45, 2.75) is 13.0 Å². The maximum Gasteiger partial charge on any atom is 0.133 e. The summed E-state index contributed by atoms with van der Waals surface area (Å²) in [6, 6.07) is 7.86. The number of ether oxygens (including phenoxy) is 1. The Labute approximate surface area is 141 Å². The Morgan fingerprint density at radius 2 is 1.95 bits per heavy atom. The van der Waals surface area contributed by atoms with Crippen LogP contribution in [-0.2, 0) is 0 Å². The molecule has 0 aliphatic rings. The van der Waals surface area contributed by atoms with Gasteiger partial charge in [0.1, 0.15) is 5.75 Å². The van der Waals surface area contributed by atoms with Gasteiger partial charge < -0.3 is 10.5 Å². The third-order valence-corrected chi connectivity index (χ3v) is 6.54. The van der Waals surface area contributed by atoms with Gasteiger partial charge in [0.15, 0.2) is 0 Å². The molecule has 6 heteroatoms. The van der Waals surface area contributed by atoms with Gasteiger partial charge in [-0.25, -0.2) is 0 Å². The molecule has 2 rings (SSSR count). The minimum absolute atomic E-state index is 0.139. The van der Waals surface area contributed by atoms with Crippen molar-refractivity contribution in [1.82, 2.24) is 0 Å². The summed E-state index contributed by atoms with van der Waals surface area (Å²) in [5, 5.41) is 0. The highest BCUT2D eigenvalue weighted by Crippen LogP contribution is 2.38. The largest absolute Gasteiger partial charge is 0.493 e. The minimum atomic E-state index is -0.139. The standard InChI is InChI=1S/C13H12Br3NOS/c1-2-18-10-4-3-7(5-8(10)14)12(17)11-6-9(15)13(16)19-11/h3-6,12H,2,17H2,1H3. The fourth-order valence-electron chi connectivity index (χ4n) is 1.66. The zero-order valence-electron chi connectivity index (χ0n) is 10.1. The van der Waals surface area contributed by atoms with E-state index in [2.05, 4.69) is 47.8 Å². The fraction of sp³-hybridized carbons (Fsp3) is 0.231. The van der Waals surface area contributed by atoms with Crippen LogP contribution in [0.5, 0.6) is 5.75 Å². The van der Waals surface area contributed by atoms with Crippen molar-refractivity contribution in [1.29, 1.82) is 0 Å². The average molecular weight is 470 g/mol. The number of halogens is 3. The second-order valence-corrected chi connectivity index (χ2v) is 7.98. The molecule has 0 amide bonds. The first-order valence-electron chi connectivity index (χ1n) is 5.65. The van der Waals surface area contributed by atoms with E-state index in [1.54, 1.807) is 11.3 Å². The van der Waals surface area contributed by atoms with Gasteiger partial charge in [0.05, 0.1) is 20.9 Å². The first kappa shape index (κ1) is 15.5. The molecule has 1 aromatic heterocycles. The molecule has 0 fully saturated rings. The monoisotopic (exact) mass is 467 g/mol. The van der Waals surface area contributed by atoms with Crippen LogP contribution in [0.4, 0.5) is 0 Å². The Morgan fingerprint density at radius 3 is 2.47 bits per heavy atom. The van der Waals surface area contributed by atoms with Crippen LogP contribution in [0.25, 0.3) is 0 Å². The quantitative estimate of drug-likeness (QED) is 0.643. The molecular formula is C13H12Br3NOS. The fourth-order valence-corrected chi connectivity index (χ4v) is 4.29. The highest BCUT2D eigenvalue weighted by atomic mass is 79.9. The van der Waals surface area contributed by atoms with Crippen molar-refractivity contribution < 1.29 is 4.74 Å². The molecule has 0 radical (unpaired) electrons. The molecule has 0 aliphatic carbocycles. The smallest absolute Gasteiger partial charge is 0.133 e. The molecule has 19 heavy (non-hydrogen) atoms. The van der Waals surface area contributed by atoms with Crippen molar-refractivity contribution in [2.75, 3.05) is 6.61 Å². The number of nitrogens with two attached hydrogens (primary N) is 1. The van der Waals surface area contributed by atoms with Gasteiger partial charge in [0.25, 0.3) is 0 Å². The molecule has 2 N–H and O–H groups in total. The van der Waals surface area contributed by atoms with Gasteiger partial charge in [-0.15, -0.1) is 11.3 Å². The van der Waals surface area contributed by atoms with Crippen molar-refractivity contribution in [3.05, 3.63) is 47.4 Å². The van der Waals surface area contributed by atoms with Crippen molar-refractivity contribution in [3.8, 4) is 5.75 Å². The SMILES string of the molecule is CCOc1ccc(C(N)c2cc(Br)c(Br)s2)cc1Br. The van der Waals surface area contributed by atoms with E-state index < -0.39 is 0 Å². The van der Waals surface area contributed by atoms with Gasteiger partial charge in [0.2, 0.25) is 0 Å². The molecule has 0 saturated carbocycles. The summed E-state index contributed by atoms with van der Waals surface area (Å²) < 4.78 is 8.52. The van der Waals surface area contributed by atoms with E-state index in [1.165, 1.54) is 0 Å². The van der Waals surface area contributed by atoms with Crippen LogP contribution in [-0.4, -0.2) is 6.61 Å². The Hall–Kier alpha value is 0.120. The summed E-state index contributed by atoms with van der Waals surface area (Å²) in [6.07, 6.45) is 0. The first-order valence-corrected chi connectivity index (χ1v) is 8.85. The van der Waals surface area contributed by atoms with Crippen molar-refractivity contribution >= 4 is 59.1 Å². The summed E-state index contributed by atoms with van der Waals surface area (Å²) in [7, 11) is 0. The summed E-state index contributed by atoms with van der Waals surface area (Å²) in [4.78, 5) is 1.11. The van der Waals surface area contributed by atoms with Gasteiger partial charge in [-0.05, 0) is 78.5 Å². The van der Waals surface area contributed by atoms with E-state index in [0.717, 1.165) is 28.9 Å². The lowest BCUT2D eigenvalue weighted by Crippen LogP contribution is -2.10. The number of rotatable bonds is 4. The van der Waals surface area contributed by atoms with Gasteiger partial charge in [-0.2, -0.15) is 0 Å². The number of hydrogen-bond acceptors (Lipinski definition) is 3. The Bertz CT molecular complexity index is 566. The number of thiophene rings is 1. The zero-order chi connectivity index (χ0) is 14.0. The Morgan fingerprint density at radius 1 is 1.21 bits per heavy atom. The van der Waals surface area contributed by atoms with Gasteiger partial charge in [-0.3, -0.25) is 0 Å². The molecule has 102 valence electrons. The molecule has 2 aromatic rings. The molecule has 2 nitrogen and oxygen atoms in total. The predicted octanol–water partition coefficient (Wildman–Crippen LogP) is 5.48. The lowest BCUT2D eigenvalue weighted by molar-refractivity contribution is 0.338. The maximum atomic E-state index is 6.30. The van der Waals surface area contributed by atoms with Crippen LogP contribution in [0.3, 0.4) is 0 Å². The van der Waals surface area contributed by atoms with Gasteiger partial charge in [0, 0.05) is 9.35 Å². The minimum Gasteiger partial charge on any atom is -0.493 e. The molecule has 0 aliphatic heterocycles. The van der Waals surface area contributed by atoms with Crippen LogP contribution in [0.1, 0.15) is 23.4 Å². The molecule has 1 atom stereocenters. The van der Waals surface area contributed by atoms with E-state index in [4.69, 9.17) is 10.5 Å². The van der Waals surface area contributed by atoms with Crippen molar-refractivity contribution in [2.24, 2.45) is 5.73 Å². The summed E-state index contributed by atoms with van der Waals surface area (Å²) >= 11 is 12.1. The molecule has 0 saturated heterocycles. The Balaban J connectivity index is 2.28. The molecule has 1 heterocycles. The molecule has 1 unspecified atom stereocenters. The molecular weight excluding hydrogens is 458 g/mol. The lowest BCUT2D eigenvalue weighted by atomic mass is 10.1. The van der Waals surface area contributed by atoms with Gasteiger partial charge in [-0.1, -0.05) is 6.07 Å². The van der Waals surface area contributed by atoms with Crippen LogP contribution < -0.4 is 10.5 Å². The van der Waals surface area contributed by atoms with Crippen LogP contribution in [0.15, 0.2) is 37.0 Å². The molecule has 0 bridgehead atoms. The third-order valence-electron chi connectivity index (χ3n) is 2.59. The summed E-state index contributed by atoms with van der Waals surface area (Å²) in [6.45, 7) is 2.61.